The second kappa shape index (κ2) is 7.87. The average Bonchev–Trinajstić information content (AvgIpc) is 2.52. The number of rotatable bonds is 7. The van der Waals surface area contributed by atoms with Gasteiger partial charge in [0.2, 0.25) is 0 Å². The predicted molar refractivity (Wildman–Crippen MR) is 85.1 cm³/mol. The van der Waals surface area contributed by atoms with E-state index in [9.17, 15) is 13.2 Å². The summed E-state index contributed by atoms with van der Waals surface area (Å²) >= 11 is 0. The van der Waals surface area contributed by atoms with E-state index in [1.54, 1.807) is 0 Å². The third kappa shape index (κ3) is 5.58. The van der Waals surface area contributed by atoms with Crippen LogP contribution in [0.1, 0.15) is 24.5 Å². The van der Waals surface area contributed by atoms with Gasteiger partial charge in [-0.1, -0.05) is 24.3 Å². The zero-order chi connectivity index (χ0) is 16.9. The van der Waals surface area contributed by atoms with Gasteiger partial charge in [0.05, 0.1) is 12.7 Å². The minimum absolute atomic E-state index is 0.0845. The lowest BCUT2D eigenvalue weighted by molar-refractivity contribution is -0.136. The minimum Gasteiger partial charge on any atom is -0.481 e. The first kappa shape index (κ1) is 17.9. The Bertz CT molecular complexity index is 630. The second-order valence-electron chi connectivity index (χ2n) is 5.58. The largest absolute Gasteiger partial charge is 0.481 e. The molecule has 1 fully saturated rings. The second-order valence-corrected chi connectivity index (χ2v) is 7.33. The molecule has 1 heterocycles. The first-order valence-corrected chi connectivity index (χ1v) is 8.97. The molecule has 7 nitrogen and oxygen atoms in total. The summed E-state index contributed by atoms with van der Waals surface area (Å²) in [4.78, 5) is 10.5. The first-order chi connectivity index (χ1) is 10.9. The Morgan fingerprint density at radius 1 is 1.35 bits per heavy atom. The predicted octanol–water partition coefficient (Wildman–Crippen LogP) is 0.759. The van der Waals surface area contributed by atoms with Gasteiger partial charge < -0.3 is 9.84 Å². The minimum atomic E-state index is -3.52. The highest BCUT2D eigenvalue weighted by Gasteiger charge is 2.27. The molecule has 2 rings (SSSR count). The molecule has 23 heavy (non-hydrogen) atoms. The number of benzene rings is 1. The summed E-state index contributed by atoms with van der Waals surface area (Å²) in [5.41, 5.74) is 1.75. The number of morpholine rings is 1. The summed E-state index contributed by atoms with van der Waals surface area (Å²) in [7, 11) is -3.52. The third-order valence-electron chi connectivity index (χ3n) is 3.65. The Morgan fingerprint density at radius 3 is 2.61 bits per heavy atom. The van der Waals surface area contributed by atoms with Crippen LogP contribution in [0.2, 0.25) is 0 Å². The van der Waals surface area contributed by atoms with Gasteiger partial charge in [0.1, 0.15) is 0 Å². The number of hydrogen-bond donors (Lipinski definition) is 2. The van der Waals surface area contributed by atoms with E-state index in [-0.39, 0.29) is 19.1 Å². The van der Waals surface area contributed by atoms with Crippen molar-refractivity contribution in [3.8, 4) is 0 Å². The Balaban J connectivity index is 1.88. The number of ether oxygens (including phenoxy) is 1. The van der Waals surface area contributed by atoms with Crippen molar-refractivity contribution in [1.82, 2.24) is 9.03 Å². The van der Waals surface area contributed by atoms with E-state index in [4.69, 9.17) is 9.84 Å². The van der Waals surface area contributed by atoms with Gasteiger partial charge >= 0.3 is 5.97 Å². The van der Waals surface area contributed by atoms with Crippen LogP contribution in [0.5, 0.6) is 0 Å². The SMILES string of the molecule is CC1CN(S(=O)(=O)NCc2ccc(CCC(=O)O)cc2)CCO1. The van der Waals surface area contributed by atoms with E-state index in [1.165, 1.54) is 4.31 Å². The lowest BCUT2D eigenvalue weighted by atomic mass is 10.1. The van der Waals surface area contributed by atoms with Gasteiger partial charge in [-0.05, 0) is 24.5 Å². The molecule has 0 aromatic heterocycles. The van der Waals surface area contributed by atoms with E-state index >= 15 is 0 Å². The Morgan fingerprint density at radius 2 is 2.00 bits per heavy atom. The summed E-state index contributed by atoms with van der Waals surface area (Å²) in [6.45, 7) is 3.16. The molecule has 0 spiro atoms. The van der Waals surface area contributed by atoms with Gasteiger partial charge in [0.15, 0.2) is 0 Å². The normalized spacial score (nSPS) is 19.6. The Hall–Kier alpha value is -1.48. The number of aliphatic carboxylic acids is 1. The molecule has 1 aliphatic heterocycles. The zero-order valence-electron chi connectivity index (χ0n) is 13.1. The van der Waals surface area contributed by atoms with Gasteiger partial charge in [0.25, 0.3) is 10.2 Å². The van der Waals surface area contributed by atoms with Crippen LogP contribution in [0, 0.1) is 0 Å². The van der Waals surface area contributed by atoms with Gasteiger partial charge in [-0.15, -0.1) is 0 Å². The maximum absolute atomic E-state index is 12.2. The summed E-state index contributed by atoms with van der Waals surface area (Å²) < 4.78 is 33.8. The van der Waals surface area contributed by atoms with E-state index in [2.05, 4.69) is 4.72 Å². The van der Waals surface area contributed by atoms with Gasteiger partial charge in [0, 0.05) is 26.1 Å². The molecule has 0 saturated carbocycles. The molecule has 0 radical (unpaired) electrons. The van der Waals surface area contributed by atoms with Crippen LogP contribution in [-0.2, 0) is 32.7 Å². The van der Waals surface area contributed by atoms with E-state index < -0.39 is 16.2 Å². The van der Waals surface area contributed by atoms with E-state index in [1.807, 2.05) is 31.2 Å². The van der Waals surface area contributed by atoms with Crippen LogP contribution in [0.25, 0.3) is 0 Å². The molecule has 1 unspecified atom stereocenters. The zero-order valence-corrected chi connectivity index (χ0v) is 13.9. The highest BCUT2D eigenvalue weighted by molar-refractivity contribution is 7.87. The molecule has 0 aliphatic carbocycles. The number of aryl methyl sites for hydroxylation is 1. The van der Waals surface area contributed by atoms with Crippen LogP contribution < -0.4 is 4.72 Å². The molecule has 1 aromatic rings. The molecular formula is C15H22N2O5S. The molecule has 128 valence electrons. The summed E-state index contributed by atoms with van der Waals surface area (Å²) in [6, 6.07) is 7.26. The number of carboxylic acids is 1. The third-order valence-corrected chi connectivity index (χ3v) is 5.17. The van der Waals surface area contributed by atoms with Crippen molar-refractivity contribution < 1.29 is 23.1 Å². The van der Waals surface area contributed by atoms with Crippen molar-refractivity contribution in [2.75, 3.05) is 19.7 Å². The van der Waals surface area contributed by atoms with Crippen molar-refractivity contribution >= 4 is 16.2 Å². The Labute approximate surface area is 136 Å². The molecule has 8 heteroatoms. The monoisotopic (exact) mass is 342 g/mol. The van der Waals surface area contributed by atoms with Crippen molar-refractivity contribution in [3.63, 3.8) is 0 Å². The van der Waals surface area contributed by atoms with Crippen LogP contribution in [0.3, 0.4) is 0 Å². The summed E-state index contributed by atoms with van der Waals surface area (Å²) in [6.07, 6.45) is 0.447. The van der Waals surface area contributed by atoms with Gasteiger partial charge in [-0.2, -0.15) is 17.4 Å². The number of carbonyl (C=O) groups is 1. The molecule has 0 bridgehead atoms. The average molecular weight is 342 g/mol. The Kier molecular flexibility index (Phi) is 6.11. The fourth-order valence-corrected chi connectivity index (χ4v) is 3.60. The van der Waals surface area contributed by atoms with Crippen molar-refractivity contribution in [1.29, 1.82) is 0 Å². The van der Waals surface area contributed by atoms with Gasteiger partial charge in [-0.3, -0.25) is 4.79 Å². The standard InChI is InChI=1S/C15H22N2O5S/c1-12-11-17(8-9-22-12)23(20,21)16-10-14-4-2-13(3-5-14)6-7-15(18)19/h2-5,12,16H,6-11H2,1H3,(H,18,19). The molecule has 1 aromatic carbocycles. The number of hydrogen-bond acceptors (Lipinski definition) is 4. The lowest BCUT2D eigenvalue weighted by Gasteiger charge is -2.30. The van der Waals surface area contributed by atoms with E-state index in [0.717, 1.165) is 11.1 Å². The molecule has 1 aliphatic rings. The molecular weight excluding hydrogens is 320 g/mol. The highest BCUT2D eigenvalue weighted by atomic mass is 32.2. The lowest BCUT2D eigenvalue weighted by Crippen LogP contribution is -2.49. The van der Waals surface area contributed by atoms with Crippen LogP contribution in [0.4, 0.5) is 0 Å². The molecule has 1 atom stereocenters. The van der Waals surface area contributed by atoms with Crippen molar-refractivity contribution in [2.24, 2.45) is 0 Å². The van der Waals surface area contributed by atoms with Gasteiger partial charge in [-0.25, -0.2) is 0 Å². The molecule has 1 saturated heterocycles. The van der Waals surface area contributed by atoms with Crippen molar-refractivity contribution in [3.05, 3.63) is 35.4 Å². The molecule has 0 amide bonds. The maximum Gasteiger partial charge on any atom is 0.303 e. The first-order valence-electron chi connectivity index (χ1n) is 7.53. The number of carboxylic acid groups (broad SMARTS) is 1. The quantitative estimate of drug-likeness (QED) is 0.763. The van der Waals surface area contributed by atoms with Crippen molar-refractivity contribution in [2.45, 2.75) is 32.4 Å². The number of nitrogens with zero attached hydrogens (tertiary/aromatic N) is 1. The fraction of sp³-hybridized carbons (Fsp3) is 0.533. The number of nitrogens with one attached hydrogen (secondary N) is 1. The van der Waals surface area contributed by atoms with Crippen LogP contribution in [0.15, 0.2) is 24.3 Å². The van der Waals surface area contributed by atoms with Crippen LogP contribution in [-0.4, -0.2) is 49.6 Å². The summed E-state index contributed by atoms with van der Waals surface area (Å²) in [5, 5.41) is 8.66. The van der Waals surface area contributed by atoms with Crippen LogP contribution >= 0.6 is 0 Å². The van der Waals surface area contributed by atoms with E-state index in [0.29, 0.717) is 26.1 Å². The molecule has 2 N–H and O–H groups in total. The topological polar surface area (TPSA) is 95.9 Å². The highest BCUT2D eigenvalue weighted by Crippen LogP contribution is 2.10. The smallest absolute Gasteiger partial charge is 0.303 e. The maximum atomic E-state index is 12.2. The fourth-order valence-electron chi connectivity index (χ4n) is 2.35. The summed E-state index contributed by atoms with van der Waals surface area (Å²) in [5.74, 6) is -0.832.